The monoisotopic (exact) mass is 248 g/mol. The van der Waals surface area contributed by atoms with Crippen LogP contribution in [-0.4, -0.2) is 28.9 Å². The lowest BCUT2D eigenvalue weighted by atomic mass is 10.2. The maximum Gasteiger partial charge on any atom is 0.343 e. The summed E-state index contributed by atoms with van der Waals surface area (Å²) >= 11 is 0. The maximum atomic E-state index is 11.5. The number of aliphatic hydroxyl groups is 1. The number of aromatic nitrogens is 1. The van der Waals surface area contributed by atoms with Crippen molar-refractivity contribution < 1.29 is 14.6 Å². The highest BCUT2D eigenvalue weighted by Gasteiger charge is 2.11. The third-order valence-electron chi connectivity index (χ3n) is 2.08. The minimum Gasteiger partial charge on any atom is -0.512 e. The average Bonchev–Trinajstić information content (AvgIpc) is 2.35. The second-order valence-electron chi connectivity index (χ2n) is 3.51. The smallest absolute Gasteiger partial charge is 0.343 e. The van der Waals surface area contributed by atoms with E-state index in [0.29, 0.717) is 6.54 Å². The molecule has 1 rings (SSSR count). The Kier molecular flexibility index (Phi) is 5.57. The van der Waals surface area contributed by atoms with Gasteiger partial charge in [0.05, 0.1) is 18.8 Å². The predicted octanol–water partition coefficient (Wildman–Crippen LogP) is 2.05. The van der Waals surface area contributed by atoms with E-state index in [1.54, 1.807) is 13.1 Å². The van der Waals surface area contributed by atoms with E-state index in [-0.39, 0.29) is 17.9 Å². The van der Waals surface area contributed by atoms with Crippen molar-refractivity contribution in [3.8, 4) is 0 Å². The molecule has 0 atom stereocenters. The molecule has 0 radical (unpaired) electrons. The number of pyridine rings is 1. The summed E-state index contributed by atoms with van der Waals surface area (Å²) in [5, 5.41) is 9.38. The van der Waals surface area contributed by atoms with Crippen LogP contribution in [0.15, 0.2) is 40.7 Å². The zero-order chi connectivity index (χ0) is 13.4. The van der Waals surface area contributed by atoms with Crippen LogP contribution in [0.4, 0.5) is 0 Å². The largest absolute Gasteiger partial charge is 0.512 e. The molecule has 5 nitrogen and oxygen atoms in total. The van der Waals surface area contributed by atoms with E-state index in [9.17, 15) is 9.90 Å². The van der Waals surface area contributed by atoms with Gasteiger partial charge in [-0.25, -0.2) is 4.79 Å². The van der Waals surface area contributed by atoms with Gasteiger partial charge in [0.25, 0.3) is 0 Å². The molecule has 1 heterocycles. The van der Waals surface area contributed by atoms with Gasteiger partial charge < -0.3 is 9.84 Å². The molecule has 0 unspecified atom stereocenters. The Balaban J connectivity index is 2.68. The average molecular weight is 248 g/mol. The zero-order valence-electron chi connectivity index (χ0n) is 10.5. The lowest BCUT2D eigenvalue weighted by Crippen LogP contribution is -2.10. The molecular formula is C13H16N2O3. The summed E-state index contributed by atoms with van der Waals surface area (Å²) in [5.41, 5.74) is 0.848. The van der Waals surface area contributed by atoms with E-state index < -0.39 is 5.97 Å². The van der Waals surface area contributed by atoms with Gasteiger partial charge in [-0.3, -0.25) is 9.98 Å². The van der Waals surface area contributed by atoms with E-state index in [1.165, 1.54) is 13.1 Å². The number of hydrogen-bond acceptors (Lipinski definition) is 5. The van der Waals surface area contributed by atoms with Crippen LogP contribution in [-0.2, 0) is 16.1 Å². The van der Waals surface area contributed by atoms with Crippen molar-refractivity contribution in [3.63, 3.8) is 0 Å². The Morgan fingerprint density at radius 1 is 1.56 bits per heavy atom. The maximum absolute atomic E-state index is 11.5. The summed E-state index contributed by atoms with van der Waals surface area (Å²) in [6.07, 6.45) is 2.98. The molecule has 0 saturated carbocycles. The summed E-state index contributed by atoms with van der Waals surface area (Å²) in [7, 11) is 0. The molecule has 0 spiro atoms. The molecule has 0 aromatic carbocycles. The van der Waals surface area contributed by atoms with Crippen LogP contribution < -0.4 is 0 Å². The molecular weight excluding hydrogens is 232 g/mol. The van der Waals surface area contributed by atoms with Gasteiger partial charge in [-0.2, -0.15) is 0 Å². The van der Waals surface area contributed by atoms with Gasteiger partial charge in [0, 0.05) is 12.4 Å². The van der Waals surface area contributed by atoms with Crippen molar-refractivity contribution in [3.05, 3.63) is 41.4 Å². The van der Waals surface area contributed by atoms with Gasteiger partial charge in [-0.15, -0.1) is 0 Å². The SMILES string of the molecule is CCOC(=O)/C(C=NCc1ccccn1)=C(\C)O. The highest BCUT2D eigenvalue weighted by molar-refractivity contribution is 6.09. The lowest BCUT2D eigenvalue weighted by Gasteiger charge is -2.03. The molecule has 0 amide bonds. The zero-order valence-corrected chi connectivity index (χ0v) is 10.5. The second-order valence-corrected chi connectivity index (χ2v) is 3.51. The molecule has 5 heteroatoms. The molecule has 1 N–H and O–H groups in total. The lowest BCUT2D eigenvalue weighted by molar-refractivity contribution is -0.138. The van der Waals surface area contributed by atoms with Crippen LogP contribution in [0.1, 0.15) is 19.5 Å². The van der Waals surface area contributed by atoms with Crippen molar-refractivity contribution >= 4 is 12.2 Å². The number of allylic oxidation sites excluding steroid dienone is 1. The molecule has 0 aliphatic rings. The third kappa shape index (κ3) is 4.37. The van der Waals surface area contributed by atoms with Crippen LogP contribution in [0.5, 0.6) is 0 Å². The Morgan fingerprint density at radius 2 is 2.33 bits per heavy atom. The number of carbonyl (C=O) groups is 1. The van der Waals surface area contributed by atoms with Gasteiger partial charge >= 0.3 is 5.97 Å². The summed E-state index contributed by atoms with van der Waals surface area (Å²) in [6.45, 7) is 3.72. The van der Waals surface area contributed by atoms with E-state index >= 15 is 0 Å². The molecule has 0 aliphatic heterocycles. The fourth-order valence-corrected chi connectivity index (χ4v) is 1.22. The first-order valence-corrected chi connectivity index (χ1v) is 5.61. The Labute approximate surface area is 106 Å². The van der Waals surface area contributed by atoms with Gasteiger partial charge in [-0.05, 0) is 26.0 Å². The molecule has 1 aromatic rings. The minimum atomic E-state index is -0.581. The van der Waals surface area contributed by atoms with Crippen LogP contribution in [0.25, 0.3) is 0 Å². The number of aliphatic imine (C=N–C) groups is 1. The molecule has 0 bridgehead atoms. The van der Waals surface area contributed by atoms with E-state index in [0.717, 1.165) is 5.69 Å². The molecule has 0 saturated heterocycles. The van der Waals surface area contributed by atoms with Gasteiger partial charge in [0.2, 0.25) is 0 Å². The number of nitrogens with zero attached hydrogens (tertiary/aromatic N) is 2. The molecule has 1 aromatic heterocycles. The molecule has 0 aliphatic carbocycles. The summed E-state index contributed by atoms with van der Waals surface area (Å²) in [6, 6.07) is 5.50. The van der Waals surface area contributed by atoms with Crippen molar-refractivity contribution in [1.82, 2.24) is 4.98 Å². The van der Waals surface area contributed by atoms with Gasteiger partial charge in [0.1, 0.15) is 11.3 Å². The molecule has 96 valence electrons. The predicted molar refractivity (Wildman–Crippen MR) is 68.4 cm³/mol. The van der Waals surface area contributed by atoms with Crippen LogP contribution in [0, 0.1) is 0 Å². The number of hydrogen-bond donors (Lipinski definition) is 1. The van der Waals surface area contributed by atoms with Gasteiger partial charge in [-0.1, -0.05) is 6.07 Å². The standard InChI is InChI=1S/C13H16N2O3/c1-3-18-13(17)12(10(2)16)9-14-8-11-6-4-5-7-15-11/h4-7,9,16H,3,8H2,1-2H3/b12-10+,14-9?. The highest BCUT2D eigenvalue weighted by atomic mass is 16.5. The van der Waals surface area contributed by atoms with E-state index in [4.69, 9.17) is 4.74 Å². The van der Waals surface area contributed by atoms with E-state index in [2.05, 4.69) is 9.98 Å². The fraction of sp³-hybridized carbons (Fsp3) is 0.308. The number of rotatable bonds is 5. The first-order valence-electron chi connectivity index (χ1n) is 5.61. The summed E-state index contributed by atoms with van der Waals surface area (Å²) in [4.78, 5) is 19.6. The fourth-order valence-electron chi connectivity index (χ4n) is 1.22. The van der Waals surface area contributed by atoms with Gasteiger partial charge in [0.15, 0.2) is 0 Å². The van der Waals surface area contributed by atoms with Crippen LogP contribution in [0.2, 0.25) is 0 Å². The second kappa shape index (κ2) is 7.21. The molecule has 18 heavy (non-hydrogen) atoms. The third-order valence-corrected chi connectivity index (χ3v) is 2.08. The van der Waals surface area contributed by atoms with Crippen LogP contribution in [0.3, 0.4) is 0 Å². The van der Waals surface area contributed by atoms with Crippen molar-refractivity contribution in [2.24, 2.45) is 4.99 Å². The normalized spacial score (nSPS) is 12.3. The Bertz CT molecular complexity index is 449. The Morgan fingerprint density at radius 3 is 2.89 bits per heavy atom. The minimum absolute atomic E-state index is 0.0628. The number of aliphatic hydroxyl groups excluding tert-OH is 1. The summed E-state index contributed by atoms with van der Waals surface area (Å²) in [5.74, 6) is -0.694. The first kappa shape index (κ1) is 13.9. The van der Waals surface area contributed by atoms with Crippen molar-refractivity contribution in [2.75, 3.05) is 6.61 Å². The highest BCUT2D eigenvalue weighted by Crippen LogP contribution is 2.03. The van der Waals surface area contributed by atoms with Crippen molar-refractivity contribution in [2.45, 2.75) is 20.4 Å². The number of carbonyl (C=O) groups excluding carboxylic acids is 1. The number of esters is 1. The number of ether oxygens (including phenoxy) is 1. The topological polar surface area (TPSA) is 71.8 Å². The molecule has 0 fully saturated rings. The quantitative estimate of drug-likeness (QED) is 0.374. The first-order chi connectivity index (χ1) is 8.65. The summed E-state index contributed by atoms with van der Waals surface area (Å²) < 4.78 is 4.80. The van der Waals surface area contributed by atoms with E-state index in [1.807, 2.05) is 18.2 Å². The van der Waals surface area contributed by atoms with Crippen LogP contribution >= 0.6 is 0 Å². The van der Waals surface area contributed by atoms with Crippen molar-refractivity contribution in [1.29, 1.82) is 0 Å². The Hall–Kier alpha value is -2.17.